The van der Waals surface area contributed by atoms with E-state index in [2.05, 4.69) is 472 Å². The van der Waals surface area contributed by atoms with Crippen LogP contribution in [0.3, 0.4) is 0 Å². The van der Waals surface area contributed by atoms with E-state index < -0.39 is 0 Å². The van der Waals surface area contributed by atoms with Crippen molar-refractivity contribution in [2.45, 2.75) is 0 Å². The Hall–Kier alpha value is -18.4. The first kappa shape index (κ1) is 75.6. The fourth-order valence-corrected chi connectivity index (χ4v) is 28.9. The summed E-state index contributed by atoms with van der Waals surface area (Å²) in [6.07, 6.45) is 0. The van der Waals surface area contributed by atoms with Crippen LogP contribution in [0.15, 0.2) is 431 Å². The van der Waals surface area contributed by atoms with E-state index in [0.717, 1.165) is 51.6 Å². The van der Waals surface area contributed by atoms with E-state index in [9.17, 15) is 0 Å². The molecule has 38 rings (SSSR count). The molecule has 0 atom stereocenters. The van der Waals surface area contributed by atoms with Gasteiger partial charge in [-0.25, -0.2) is 0 Å². The normalized spacial score (nSPS) is 14.3. The third-order valence-corrected chi connectivity index (χ3v) is 33.9. The minimum atomic E-state index is -0.135. The number of nitrogens with zero attached hydrogens (tertiary/aromatic N) is 9. The van der Waals surface area contributed by atoms with E-state index >= 15 is 0 Å². The van der Waals surface area contributed by atoms with Crippen molar-refractivity contribution in [1.29, 1.82) is 0 Å². The molecule has 0 fully saturated rings. The van der Waals surface area contributed by atoms with Crippen LogP contribution in [0.4, 0.5) is 45.5 Å². The third kappa shape index (κ3) is 9.11. The molecule has 12 aliphatic rings. The average molecular weight is 1820 g/mol. The number of fused-ring (bicyclic) bond motifs is 30. The molecule has 0 aliphatic carbocycles. The van der Waals surface area contributed by atoms with Crippen molar-refractivity contribution in [3.05, 3.63) is 431 Å². The molecule has 18 heteroatoms. The molecule has 0 saturated heterocycles. The Balaban J connectivity index is 0.0000000902. The fraction of sp³-hybridized carbons (Fsp3) is 0. The van der Waals surface area contributed by atoms with Crippen LogP contribution in [0, 0.1) is 0 Å². The molecule has 656 valence electrons. The summed E-state index contributed by atoms with van der Waals surface area (Å²) in [5.74, 6) is 5.68. The highest BCUT2D eigenvalue weighted by Crippen LogP contribution is 2.60. The highest BCUT2D eigenvalue weighted by molar-refractivity contribution is 6.96. The first-order chi connectivity index (χ1) is 71.6. The van der Waals surface area contributed by atoms with Gasteiger partial charge in [-0.2, -0.15) is 0 Å². The molecule has 0 N–H and O–H groups in total. The second-order valence-electron chi connectivity index (χ2n) is 40.4. The van der Waals surface area contributed by atoms with Crippen molar-refractivity contribution in [2.75, 3.05) is 19.2 Å². The van der Waals surface area contributed by atoms with Gasteiger partial charge in [0, 0.05) is 188 Å². The zero-order valence-corrected chi connectivity index (χ0v) is 77.2. The molecule has 0 saturated carbocycles. The molecule has 17 heterocycles. The van der Waals surface area contributed by atoms with E-state index in [1.54, 1.807) is 0 Å². The quantitative estimate of drug-likeness (QED) is 0.163. The number of anilines is 8. The summed E-state index contributed by atoms with van der Waals surface area (Å²) in [5.41, 5.74) is 49.3. The lowest BCUT2D eigenvalue weighted by Gasteiger charge is -2.52. The minimum absolute atomic E-state index is 0.00193. The predicted octanol–water partition coefficient (Wildman–Crippen LogP) is 24.2. The van der Waals surface area contributed by atoms with Crippen LogP contribution in [-0.4, -0.2) is 63.9 Å². The molecule has 0 bridgehead atoms. The Morgan fingerprint density at radius 2 is 0.472 bits per heavy atom. The number of hydrogen-bond acceptors (Lipinski definition) is 7. The van der Waals surface area contributed by atoms with Gasteiger partial charge in [-0.3, -0.25) is 0 Å². The van der Waals surface area contributed by atoms with Gasteiger partial charge in [0.2, 0.25) is 0 Å². The Morgan fingerprint density at radius 3 is 0.986 bits per heavy atom. The topological polar surface area (TPSA) is 65.3 Å². The summed E-state index contributed by atoms with van der Waals surface area (Å²) in [6.45, 7) is -0.311. The van der Waals surface area contributed by atoms with E-state index in [4.69, 9.17) is 14.2 Å². The summed E-state index contributed by atoms with van der Waals surface area (Å²) in [5, 5.41) is 13.0. The number of ether oxygens (including phenoxy) is 3. The van der Waals surface area contributed by atoms with Crippen LogP contribution in [0.2, 0.25) is 0 Å². The summed E-state index contributed by atoms with van der Waals surface area (Å²) in [4.78, 5) is 10.2. The Morgan fingerprint density at radius 1 is 0.160 bits per heavy atom. The SMILES string of the molecule is c1ccc(N2B3c4c(cc5c6c4-c4c(cccc4N3c3ccccc3)N(c3ccccc3)B6c3ccccc3O5)-c3ccccc32)cc1.c1ccc(N2B3c4c(cc5c6c4-c4c2ccc2c7ccccc7n(c42)B6c2ccccc2O5)-c2cccc4c5ccccc5n3c24)cc1.c1ccc2c(c1)Oc1cc3c4c5c1B2n1c2ccccc2c2cc6c7ccccc7n(c6c-5c21)B4n1c2ccccc2c2cccc-3c21. The zero-order valence-electron chi connectivity index (χ0n) is 77.2. The predicted molar refractivity (Wildman–Crippen MR) is 599 cm³/mol. The zero-order chi connectivity index (χ0) is 92.7. The van der Waals surface area contributed by atoms with Crippen LogP contribution in [-0.2, 0) is 0 Å². The van der Waals surface area contributed by atoms with Gasteiger partial charge in [-0.05, 0) is 228 Å². The minimum Gasteiger partial charge on any atom is -0.458 e. The van der Waals surface area contributed by atoms with Crippen molar-refractivity contribution >= 4 is 245 Å². The van der Waals surface area contributed by atoms with Crippen LogP contribution in [0.1, 0.15) is 0 Å². The van der Waals surface area contributed by atoms with Crippen molar-refractivity contribution in [2.24, 2.45) is 0 Å². The molecule has 0 unspecified atom stereocenters. The second-order valence-corrected chi connectivity index (χ2v) is 40.4. The van der Waals surface area contributed by atoms with Crippen LogP contribution in [0.5, 0.6) is 34.5 Å². The van der Waals surface area contributed by atoms with E-state index in [0.29, 0.717) is 0 Å². The van der Waals surface area contributed by atoms with Gasteiger partial charge in [0.1, 0.15) is 34.5 Å². The lowest BCUT2D eigenvalue weighted by atomic mass is 9.41. The van der Waals surface area contributed by atoms with Gasteiger partial charge in [-0.15, -0.1) is 0 Å². The van der Waals surface area contributed by atoms with Gasteiger partial charge >= 0.3 is 41.5 Å². The largest absolute Gasteiger partial charge is 0.458 e. The Labute approximate surface area is 827 Å². The van der Waals surface area contributed by atoms with Gasteiger partial charge < -0.3 is 55.8 Å². The number of rotatable bonds is 4. The molecule has 21 aromatic carbocycles. The van der Waals surface area contributed by atoms with Gasteiger partial charge in [0.15, 0.2) is 0 Å². The number of para-hydroxylation sites is 15. The smallest absolute Gasteiger partial charge is 0.422 e. The highest BCUT2D eigenvalue weighted by atomic mass is 16.5. The summed E-state index contributed by atoms with van der Waals surface area (Å²) >= 11 is 0. The molecule has 12 aliphatic heterocycles. The maximum Gasteiger partial charge on any atom is 0.422 e. The molecular weight excluding hydrogens is 1750 g/mol. The molecule has 26 aromatic rings. The van der Waals surface area contributed by atoms with Gasteiger partial charge in [0.25, 0.3) is 0 Å². The number of benzene rings is 21. The highest BCUT2D eigenvalue weighted by Gasteiger charge is 2.58. The van der Waals surface area contributed by atoms with E-state index in [1.807, 2.05) is 0 Å². The monoisotopic (exact) mass is 1820 g/mol. The standard InChI is InChI=1S/C42H21B2N3O.C42H23B2N3O.C42H27B2N3O/c1-6-17-32-22(10-1)25-13-9-14-26-27-21-35-39-36-37-41-28(23-11-2-5-16-31(23)45(41)43(39)30-15-4-8-19-34(30)48-35)20-29-24-12-3-7-18-33(24)47(42(29)37)44(38(27)36)46(32)40(25)26;1-2-11-24(12-3-1)45-34-22-21-29-26-14-4-7-18-32(26)46-42(29)37(34)38-39-30(23-36-40(38)43(46)31-17-6-9-20-35(31)48-36)28-16-10-15-27-25-13-5-8-19-33(25)47(41(27)28)44(39)45;1-4-15-28(16-5-1)45-35-24-14-25-36-39(35)40-41-32(27-38-42(40)43(45)33-22-11-13-26-37(33)48-38)31-21-10-12-23-34(31)46(29-17-6-2-7-18-29)44(41)47(36)30-19-8-3-9-20-30/h1-21H;1-23H;1-27H. The summed E-state index contributed by atoms with van der Waals surface area (Å²) in [7, 11) is 0. The molecule has 12 nitrogen and oxygen atoms in total. The van der Waals surface area contributed by atoms with Crippen LogP contribution >= 0.6 is 0 Å². The van der Waals surface area contributed by atoms with Crippen LogP contribution < -0.4 is 82.6 Å². The Bertz CT molecular complexity index is 10500. The number of hydrogen-bond donors (Lipinski definition) is 0. The lowest BCUT2D eigenvalue weighted by molar-refractivity contribution is 0.487. The molecular formula is C126H71B6N9O3. The van der Waals surface area contributed by atoms with Crippen LogP contribution in [0.25, 0.3) is 176 Å². The van der Waals surface area contributed by atoms with Crippen molar-refractivity contribution in [3.8, 4) is 101 Å². The average Bonchev–Trinajstić information content (AvgIpc) is 1.48. The summed E-state index contributed by atoms with van der Waals surface area (Å²) < 4.78 is 34.1. The Kier molecular flexibility index (Phi) is 14.2. The first-order valence-electron chi connectivity index (χ1n) is 50.2. The van der Waals surface area contributed by atoms with Gasteiger partial charge in [0.05, 0.1) is 0 Å². The molecule has 0 amide bonds. The molecule has 0 spiro atoms. The summed E-state index contributed by atoms with van der Waals surface area (Å²) in [6, 6.07) is 158. The molecule has 5 aromatic heterocycles. The fourth-order valence-electron chi connectivity index (χ4n) is 28.9. The van der Waals surface area contributed by atoms with Crippen molar-refractivity contribution in [3.63, 3.8) is 0 Å². The molecule has 144 heavy (non-hydrogen) atoms. The molecule has 0 radical (unpaired) electrons. The second kappa shape index (κ2) is 27.0. The maximum absolute atomic E-state index is 6.99. The number of aromatic nitrogens is 5. The van der Waals surface area contributed by atoms with E-state index in [-0.39, 0.29) is 41.5 Å². The maximum atomic E-state index is 6.99. The lowest BCUT2D eigenvalue weighted by Crippen LogP contribution is -2.67. The van der Waals surface area contributed by atoms with Crippen molar-refractivity contribution < 1.29 is 14.2 Å². The first-order valence-corrected chi connectivity index (χ1v) is 50.2. The third-order valence-electron chi connectivity index (χ3n) is 33.9. The van der Waals surface area contributed by atoms with Gasteiger partial charge in [-0.1, -0.05) is 285 Å². The van der Waals surface area contributed by atoms with E-state index in [1.165, 1.54) is 253 Å². The van der Waals surface area contributed by atoms with Crippen molar-refractivity contribution in [1.82, 2.24) is 22.4 Å².